The fraction of sp³-hybridized carbons (Fsp3) is 0.250. The van der Waals surface area contributed by atoms with Crippen molar-refractivity contribution in [2.45, 2.75) is 31.8 Å². The quantitative estimate of drug-likeness (QED) is 0.707. The van der Waals surface area contributed by atoms with Crippen molar-refractivity contribution in [2.75, 3.05) is 5.32 Å². The molecule has 1 fully saturated rings. The van der Waals surface area contributed by atoms with E-state index in [1.54, 1.807) is 18.3 Å². The fourth-order valence-electron chi connectivity index (χ4n) is 2.69. The van der Waals surface area contributed by atoms with Crippen LogP contribution in [0.1, 0.15) is 40.1 Å². The molecule has 0 spiro atoms. The maximum atomic E-state index is 12.5. The SMILES string of the molecule is O=C(Nc1ncc(Cc2ccccc2)s1)c1ccnc(OC2CCC2)c1. The van der Waals surface area contributed by atoms with Gasteiger partial charge in [0.05, 0.1) is 0 Å². The molecule has 1 aliphatic carbocycles. The molecule has 1 amide bonds. The highest BCUT2D eigenvalue weighted by Crippen LogP contribution is 2.25. The molecule has 5 nitrogen and oxygen atoms in total. The minimum atomic E-state index is -0.202. The molecule has 1 N–H and O–H groups in total. The number of thiazole rings is 1. The Hall–Kier alpha value is -2.73. The molecule has 132 valence electrons. The molecule has 26 heavy (non-hydrogen) atoms. The summed E-state index contributed by atoms with van der Waals surface area (Å²) >= 11 is 1.49. The Morgan fingerprint density at radius 1 is 1.19 bits per heavy atom. The van der Waals surface area contributed by atoms with Gasteiger partial charge in [0.2, 0.25) is 5.88 Å². The summed E-state index contributed by atoms with van der Waals surface area (Å²) in [5.74, 6) is 0.303. The maximum absolute atomic E-state index is 12.5. The highest BCUT2D eigenvalue weighted by molar-refractivity contribution is 7.15. The number of aromatic nitrogens is 2. The molecule has 1 saturated carbocycles. The van der Waals surface area contributed by atoms with Crippen LogP contribution in [-0.2, 0) is 6.42 Å². The van der Waals surface area contributed by atoms with Gasteiger partial charge in [0.15, 0.2) is 5.13 Å². The van der Waals surface area contributed by atoms with E-state index in [1.807, 2.05) is 24.4 Å². The van der Waals surface area contributed by atoms with Crippen LogP contribution in [0.25, 0.3) is 0 Å². The molecule has 2 heterocycles. The molecule has 1 aliphatic rings. The Morgan fingerprint density at radius 3 is 2.81 bits per heavy atom. The summed E-state index contributed by atoms with van der Waals surface area (Å²) in [7, 11) is 0. The highest BCUT2D eigenvalue weighted by atomic mass is 32.1. The second kappa shape index (κ2) is 7.66. The van der Waals surface area contributed by atoms with Crippen LogP contribution in [0, 0.1) is 0 Å². The first-order chi connectivity index (χ1) is 12.8. The minimum Gasteiger partial charge on any atom is -0.474 e. The Balaban J connectivity index is 1.39. The number of hydrogen-bond donors (Lipinski definition) is 1. The van der Waals surface area contributed by atoms with Crippen molar-refractivity contribution < 1.29 is 9.53 Å². The summed E-state index contributed by atoms with van der Waals surface area (Å²) < 4.78 is 5.76. The van der Waals surface area contributed by atoms with Crippen molar-refractivity contribution in [2.24, 2.45) is 0 Å². The summed E-state index contributed by atoms with van der Waals surface area (Å²) in [5, 5.41) is 3.45. The number of hydrogen-bond acceptors (Lipinski definition) is 5. The number of nitrogens with zero attached hydrogens (tertiary/aromatic N) is 2. The number of pyridine rings is 1. The van der Waals surface area contributed by atoms with Gasteiger partial charge in [0.25, 0.3) is 5.91 Å². The standard InChI is InChI=1S/C20H19N3O2S/c24-19(15-9-10-21-18(12-15)25-16-7-4-8-16)23-20-22-13-17(26-20)11-14-5-2-1-3-6-14/h1-3,5-6,9-10,12-13,16H,4,7-8,11H2,(H,22,23,24). The molecular formula is C20H19N3O2S. The van der Waals surface area contributed by atoms with Gasteiger partial charge in [-0.2, -0.15) is 0 Å². The van der Waals surface area contributed by atoms with Crippen molar-refractivity contribution in [3.8, 4) is 5.88 Å². The second-order valence-electron chi connectivity index (χ2n) is 6.30. The predicted molar refractivity (Wildman–Crippen MR) is 102 cm³/mol. The normalized spacial score (nSPS) is 13.8. The third-order valence-corrected chi connectivity index (χ3v) is 5.24. The summed E-state index contributed by atoms with van der Waals surface area (Å²) in [6.45, 7) is 0. The summed E-state index contributed by atoms with van der Waals surface area (Å²) in [6, 6.07) is 13.6. The van der Waals surface area contributed by atoms with Crippen LogP contribution in [0.5, 0.6) is 5.88 Å². The van der Waals surface area contributed by atoms with Gasteiger partial charge >= 0.3 is 0 Å². The van der Waals surface area contributed by atoms with E-state index in [1.165, 1.54) is 23.3 Å². The molecule has 1 aromatic carbocycles. The second-order valence-corrected chi connectivity index (χ2v) is 7.42. The smallest absolute Gasteiger partial charge is 0.257 e. The van der Waals surface area contributed by atoms with Crippen LogP contribution in [0.4, 0.5) is 5.13 Å². The zero-order valence-electron chi connectivity index (χ0n) is 14.2. The first kappa shape index (κ1) is 16.7. The lowest BCUT2D eigenvalue weighted by atomic mass is 9.96. The van der Waals surface area contributed by atoms with Gasteiger partial charge in [-0.15, -0.1) is 11.3 Å². The van der Waals surface area contributed by atoms with E-state index in [9.17, 15) is 4.79 Å². The van der Waals surface area contributed by atoms with Crippen LogP contribution >= 0.6 is 11.3 Å². The number of amides is 1. The number of anilines is 1. The fourth-order valence-corrected chi connectivity index (χ4v) is 3.53. The number of rotatable bonds is 6. The van der Waals surface area contributed by atoms with Gasteiger partial charge in [0, 0.05) is 35.3 Å². The molecule has 0 unspecified atom stereocenters. The van der Waals surface area contributed by atoms with Crippen molar-refractivity contribution in [3.05, 3.63) is 70.9 Å². The molecule has 6 heteroatoms. The van der Waals surface area contributed by atoms with E-state index in [4.69, 9.17) is 4.74 Å². The number of carbonyl (C=O) groups is 1. The lowest BCUT2D eigenvalue weighted by Gasteiger charge is -2.25. The minimum absolute atomic E-state index is 0.202. The van der Waals surface area contributed by atoms with Gasteiger partial charge in [-0.05, 0) is 30.9 Å². The van der Waals surface area contributed by atoms with Gasteiger partial charge in [0.1, 0.15) is 6.10 Å². The summed E-state index contributed by atoms with van der Waals surface area (Å²) in [6.07, 6.45) is 7.77. The molecular weight excluding hydrogens is 346 g/mol. The van der Waals surface area contributed by atoms with Crippen LogP contribution in [0.2, 0.25) is 0 Å². The van der Waals surface area contributed by atoms with E-state index in [0.717, 1.165) is 24.1 Å². The van der Waals surface area contributed by atoms with Crippen LogP contribution in [0.3, 0.4) is 0 Å². The molecule has 0 radical (unpaired) electrons. The molecule has 2 aromatic heterocycles. The molecule has 4 rings (SSSR count). The maximum Gasteiger partial charge on any atom is 0.257 e. The van der Waals surface area contributed by atoms with Gasteiger partial charge in [-0.1, -0.05) is 30.3 Å². The number of benzene rings is 1. The van der Waals surface area contributed by atoms with E-state index in [0.29, 0.717) is 16.6 Å². The summed E-state index contributed by atoms with van der Waals surface area (Å²) in [5.41, 5.74) is 1.75. The highest BCUT2D eigenvalue weighted by Gasteiger charge is 2.20. The zero-order chi connectivity index (χ0) is 17.8. The first-order valence-corrected chi connectivity index (χ1v) is 9.50. The number of nitrogens with one attached hydrogen (secondary N) is 1. The van der Waals surface area contributed by atoms with Gasteiger partial charge in [-0.3, -0.25) is 10.1 Å². The van der Waals surface area contributed by atoms with Crippen LogP contribution in [0.15, 0.2) is 54.9 Å². The van der Waals surface area contributed by atoms with Crippen molar-refractivity contribution in [3.63, 3.8) is 0 Å². The van der Waals surface area contributed by atoms with Crippen LogP contribution < -0.4 is 10.1 Å². The van der Waals surface area contributed by atoms with E-state index in [2.05, 4.69) is 27.4 Å². The summed E-state index contributed by atoms with van der Waals surface area (Å²) in [4.78, 5) is 22.1. The van der Waals surface area contributed by atoms with Crippen molar-refractivity contribution >= 4 is 22.4 Å². The molecule has 0 bridgehead atoms. The average Bonchev–Trinajstić information content (AvgIpc) is 3.06. The van der Waals surface area contributed by atoms with Gasteiger partial charge in [-0.25, -0.2) is 9.97 Å². The van der Waals surface area contributed by atoms with Crippen LogP contribution in [-0.4, -0.2) is 22.0 Å². The zero-order valence-corrected chi connectivity index (χ0v) is 15.0. The van der Waals surface area contributed by atoms with Crippen molar-refractivity contribution in [1.29, 1.82) is 0 Å². The molecule has 3 aromatic rings. The monoisotopic (exact) mass is 365 g/mol. The largest absolute Gasteiger partial charge is 0.474 e. The Morgan fingerprint density at radius 2 is 2.04 bits per heavy atom. The Labute approximate surface area is 156 Å². The Kier molecular flexibility index (Phi) is 4.93. The Bertz CT molecular complexity index is 891. The number of carbonyl (C=O) groups excluding carboxylic acids is 1. The van der Waals surface area contributed by atoms with E-state index in [-0.39, 0.29) is 12.0 Å². The first-order valence-electron chi connectivity index (χ1n) is 8.69. The molecule has 0 saturated heterocycles. The lowest BCUT2D eigenvalue weighted by molar-refractivity contribution is 0.101. The topological polar surface area (TPSA) is 64.1 Å². The average molecular weight is 365 g/mol. The van der Waals surface area contributed by atoms with E-state index < -0.39 is 0 Å². The third kappa shape index (κ3) is 4.08. The lowest BCUT2D eigenvalue weighted by Crippen LogP contribution is -2.25. The molecule has 0 aliphatic heterocycles. The third-order valence-electron chi connectivity index (χ3n) is 4.33. The van der Waals surface area contributed by atoms with E-state index >= 15 is 0 Å². The number of ether oxygens (including phenoxy) is 1. The predicted octanol–water partition coefficient (Wildman–Crippen LogP) is 4.31. The van der Waals surface area contributed by atoms with Crippen molar-refractivity contribution in [1.82, 2.24) is 9.97 Å². The van der Waals surface area contributed by atoms with Gasteiger partial charge < -0.3 is 4.74 Å². The molecule has 0 atom stereocenters.